The van der Waals surface area contributed by atoms with E-state index in [1.54, 1.807) is 0 Å². The van der Waals surface area contributed by atoms with Crippen LogP contribution in [0.2, 0.25) is 0 Å². The van der Waals surface area contributed by atoms with Crippen molar-refractivity contribution in [1.29, 1.82) is 0 Å². The van der Waals surface area contributed by atoms with Gasteiger partial charge in [0.05, 0.1) is 12.7 Å². The van der Waals surface area contributed by atoms with Crippen LogP contribution < -0.4 is 0 Å². The molecule has 1 aliphatic heterocycles. The molecule has 1 saturated heterocycles. The molecule has 0 bridgehead atoms. The average Bonchev–Trinajstić information content (AvgIpc) is 3.00. The minimum absolute atomic E-state index is 0.139. The number of hydrogen-bond acceptors (Lipinski definition) is 5. The second-order valence-electron chi connectivity index (χ2n) is 10.6. The first kappa shape index (κ1) is 27.5. The number of aliphatic hydroxyl groups excluding tert-OH is 2. The Morgan fingerprint density at radius 2 is 1.60 bits per heavy atom. The van der Waals surface area contributed by atoms with E-state index in [2.05, 4.69) is 16.8 Å². The van der Waals surface area contributed by atoms with Crippen molar-refractivity contribution >= 4 is 6.29 Å². The summed E-state index contributed by atoms with van der Waals surface area (Å²) in [6.45, 7) is 9.08. The Labute approximate surface area is 186 Å². The molecule has 0 aromatic heterocycles. The van der Waals surface area contributed by atoms with Crippen LogP contribution in [0, 0.1) is 5.41 Å². The summed E-state index contributed by atoms with van der Waals surface area (Å²) in [7, 11) is 2.32. The Morgan fingerprint density at radius 3 is 2.17 bits per heavy atom. The maximum absolute atomic E-state index is 9.83. The van der Waals surface area contributed by atoms with Gasteiger partial charge in [-0.25, -0.2) is 0 Å². The lowest BCUT2D eigenvalue weighted by Gasteiger charge is -2.36. The van der Waals surface area contributed by atoms with E-state index in [-0.39, 0.29) is 24.2 Å². The molecule has 2 atom stereocenters. The van der Waals surface area contributed by atoms with Crippen LogP contribution in [0.4, 0.5) is 0 Å². The standard InChI is InChI=1S/C20H40N2O2.C5H10O/c1-21(18-10-6-2-3-7-11-18)13-8-4-5-9-14-22-15-12-20(24)16-19(22)17-23;1-5(2,3)4-6/h18-20,23-24H,2-17H2,1H3;4H,1-3H3. The van der Waals surface area contributed by atoms with Crippen molar-refractivity contribution in [2.75, 3.05) is 33.3 Å². The van der Waals surface area contributed by atoms with Crippen molar-refractivity contribution in [3.8, 4) is 0 Å². The molecule has 2 unspecified atom stereocenters. The summed E-state index contributed by atoms with van der Waals surface area (Å²) in [6.07, 6.45) is 16.0. The monoisotopic (exact) mass is 426 g/mol. The first-order valence-electron chi connectivity index (χ1n) is 12.5. The van der Waals surface area contributed by atoms with E-state index < -0.39 is 0 Å². The molecule has 5 nitrogen and oxygen atoms in total. The van der Waals surface area contributed by atoms with Gasteiger partial charge in [-0.3, -0.25) is 4.90 Å². The third kappa shape index (κ3) is 12.4. The smallest absolute Gasteiger partial charge is 0.125 e. The summed E-state index contributed by atoms with van der Waals surface area (Å²) in [4.78, 5) is 14.8. The van der Waals surface area contributed by atoms with Crippen molar-refractivity contribution in [1.82, 2.24) is 9.80 Å². The van der Waals surface area contributed by atoms with Gasteiger partial charge in [0, 0.05) is 24.0 Å². The molecular formula is C25H50N2O3. The third-order valence-electron chi connectivity index (χ3n) is 6.53. The molecule has 30 heavy (non-hydrogen) atoms. The number of nitrogens with zero attached hydrogens (tertiary/aromatic N) is 2. The summed E-state index contributed by atoms with van der Waals surface area (Å²) in [5.74, 6) is 0. The fourth-order valence-electron chi connectivity index (χ4n) is 4.47. The van der Waals surface area contributed by atoms with Gasteiger partial charge >= 0.3 is 0 Å². The molecule has 178 valence electrons. The molecule has 1 heterocycles. The molecule has 2 fully saturated rings. The van der Waals surface area contributed by atoms with Gasteiger partial charge in [-0.2, -0.15) is 0 Å². The Hall–Kier alpha value is -0.490. The topological polar surface area (TPSA) is 64.0 Å². The van der Waals surface area contributed by atoms with Crippen molar-refractivity contribution < 1.29 is 15.0 Å². The first-order chi connectivity index (χ1) is 14.3. The predicted molar refractivity (Wildman–Crippen MR) is 126 cm³/mol. The molecule has 0 amide bonds. The lowest BCUT2D eigenvalue weighted by Crippen LogP contribution is -2.46. The molecule has 1 saturated carbocycles. The lowest BCUT2D eigenvalue weighted by molar-refractivity contribution is -0.113. The molecule has 1 aliphatic carbocycles. The van der Waals surface area contributed by atoms with E-state index in [9.17, 15) is 15.0 Å². The minimum Gasteiger partial charge on any atom is -0.395 e. The fraction of sp³-hybridized carbons (Fsp3) is 0.960. The van der Waals surface area contributed by atoms with Gasteiger partial charge in [-0.15, -0.1) is 0 Å². The number of rotatable bonds is 9. The molecule has 2 N–H and O–H groups in total. The van der Waals surface area contributed by atoms with E-state index in [0.717, 1.165) is 38.3 Å². The maximum atomic E-state index is 9.83. The predicted octanol–water partition coefficient (Wildman–Crippen LogP) is 4.25. The van der Waals surface area contributed by atoms with Crippen LogP contribution in [0.15, 0.2) is 0 Å². The van der Waals surface area contributed by atoms with E-state index in [4.69, 9.17) is 0 Å². The highest BCUT2D eigenvalue weighted by molar-refractivity contribution is 5.56. The van der Waals surface area contributed by atoms with Gasteiger partial charge in [0.1, 0.15) is 6.29 Å². The van der Waals surface area contributed by atoms with Gasteiger partial charge in [-0.05, 0) is 58.7 Å². The number of unbranched alkanes of at least 4 members (excludes halogenated alkanes) is 3. The van der Waals surface area contributed by atoms with Gasteiger partial charge in [-0.1, -0.05) is 59.3 Å². The normalized spacial score (nSPS) is 24.2. The zero-order valence-electron chi connectivity index (χ0n) is 20.3. The van der Waals surface area contributed by atoms with Gasteiger partial charge in [0.15, 0.2) is 0 Å². The molecule has 0 radical (unpaired) electrons. The Kier molecular flexibility index (Phi) is 14.1. The Bertz CT molecular complexity index is 431. The molecule has 5 heteroatoms. The minimum atomic E-state index is -0.210. The van der Waals surface area contributed by atoms with Crippen LogP contribution >= 0.6 is 0 Å². The summed E-state index contributed by atoms with van der Waals surface area (Å²) >= 11 is 0. The highest BCUT2D eigenvalue weighted by atomic mass is 16.3. The first-order valence-corrected chi connectivity index (χ1v) is 12.5. The quantitative estimate of drug-likeness (QED) is 0.328. The van der Waals surface area contributed by atoms with E-state index in [0.29, 0.717) is 0 Å². The largest absolute Gasteiger partial charge is 0.395 e. The second-order valence-corrected chi connectivity index (χ2v) is 10.6. The number of carbonyl (C=O) groups is 1. The lowest BCUT2D eigenvalue weighted by atomic mass is 9.99. The van der Waals surface area contributed by atoms with Crippen LogP contribution in [0.25, 0.3) is 0 Å². The molecule has 0 spiro atoms. The van der Waals surface area contributed by atoms with E-state index in [1.165, 1.54) is 70.8 Å². The summed E-state index contributed by atoms with van der Waals surface area (Å²) in [5, 5.41) is 19.2. The molecule has 0 aromatic carbocycles. The van der Waals surface area contributed by atoms with Crippen molar-refractivity contribution in [2.45, 2.75) is 116 Å². The third-order valence-corrected chi connectivity index (χ3v) is 6.53. The van der Waals surface area contributed by atoms with Crippen LogP contribution in [0.1, 0.15) is 97.8 Å². The highest BCUT2D eigenvalue weighted by Gasteiger charge is 2.26. The van der Waals surface area contributed by atoms with Crippen LogP contribution in [-0.2, 0) is 4.79 Å². The number of aliphatic hydroxyl groups is 2. The summed E-state index contributed by atoms with van der Waals surface area (Å²) in [6, 6.07) is 1.01. The maximum Gasteiger partial charge on any atom is 0.125 e. The van der Waals surface area contributed by atoms with Crippen LogP contribution in [0.5, 0.6) is 0 Å². The molecule has 2 rings (SSSR count). The van der Waals surface area contributed by atoms with Crippen LogP contribution in [-0.4, -0.2) is 77.8 Å². The van der Waals surface area contributed by atoms with Crippen molar-refractivity contribution in [2.24, 2.45) is 5.41 Å². The SMILES string of the molecule is CC(C)(C)C=O.CN(CCCCCCN1CCC(O)CC1CO)C1CCCCCC1. The molecular weight excluding hydrogens is 376 g/mol. The number of carbonyl (C=O) groups excluding carboxylic acids is 1. The number of piperidine rings is 1. The summed E-state index contributed by atoms with van der Waals surface area (Å²) in [5.41, 5.74) is -0.139. The van der Waals surface area contributed by atoms with Gasteiger partial charge in [0.25, 0.3) is 0 Å². The average molecular weight is 427 g/mol. The Morgan fingerprint density at radius 1 is 1.00 bits per heavy atom. The highest BCUT2D eigenvalue weighted by Crippen LogP contribution is 2.22. The zero-order valence-corrected chi connectivity index (χ0v) is 20.3. The fourth-order valence-corrected chi connectivity index (χ4v) is 4.47. The van der Waals surface area contributed by atoms with Crippen molar-refractivity contribution in [3.05, 3.63) is 0 Å². The number of likely N-dealkylation sites (tertiary alicyclic amines) is 1. The van der Waals surface area contributed by atoms with Crippen molar-refractivity contribution in [3.63, 3.8) is 0 Å². The second kappa shape index (κ2) is 15.3. The summed E-state index contributed by atoms with van der Waals surface area (Å²) < 4.78 is 0. The van der Waals surface area contributed by atoms with E-state index in [1.807, 2.05) is 20.8 Å². The molecule has 0 aromatic rings. The van der Waals surface area contributed by atoms with Gasteiger partial charge < -0.3 is 19.9 Å². The van der Waals surface area contributed by atoms with E-state index >= 15 is 0 Å². The number of hydrogen-bond donors (Lipinski definition) is 2. The molecule has 2 aliphatic rings. The Balaban J connectivity index is 0.000000656. The van der Waals surface area contributed by atoms with Crippen LogP contribution in [0.3, 0.4) is 0 Å². The zero-order chi connectivity index (χ0) is 22.4. The number of aldehydes is 1. The van der Waals surface area contributed by atoms with Gasteiger partial charge in [0.2, 0.25) is 0 Å².